The zero-order chi connectivity index (χ0) is 9.84. The van der Waals surface area contributed by atoms with Crippen LogP contribution in [0.3, 0.4) is 0 Å². The van der Waals surface area contributed by atoms with E-state index in [1.54, 1.807) is 14.2 Å². The fraction of sp³-hybridized carbons (Fsp3) is 0.400. The van der Waals surface area contributed by atoms with Crippen LogP contribution in [0.15, 0.2) is 18.2 Å². The summed E-state index contributed by atoms with van der Waals surface area (Å²) in [4.78, 5) is 0.326. The predicted octanol–water partition coefficient (Wildman–Crippen LogP) is 3.16. The average molecular weight is 245 g/mol. The second-order valence-corrected chi connectivity index (χ2v) is 4.10. The molecule has 0 spiro atoms. The molecular formula is C10H13BrO2. The lowest BCUT2D eigenvalue weighted by molar-refractivity contribution is 0.354. The van der Waals surface area contributed by atoms with Crippen molar-refractivity contribution in [3.8, 4) is 11.5 Å². The van der Waals surface area contributed by atoms with Crippen LogP contribution in [0.5, 0.6) is 11.5 Å². The van der Waals surface area contributed by atoms with Crippen LogP contribution in [0.2, 0.25) is 0 Å². The quantitative estimate of drug-likeness (QED) is 0.761. The van der Waals surface area contributed by atoms with Crippen LogP contribution >= 0.6 is 15.9 Å². The van der Waals surface area contributed by atoms with Gasteiger partial charge in [0.25, 0.3) is 0 Å². The summed E-state index contributed by atoms with van der Waals surface area (Å²) in [6.45, 7) is 2.07. The average Bonchev–Trinajstić information content (AvgIpc) is 2.16. The van der Waals surface area contributed by atoms with E-state index in [0.717, 1.165) is 11.5 Å². The minimum Gasteiger partial charge on any atom is -0.493 e. The molecule has 0 amide bonds. The monoisotopic (exact) mass is 244 g/mol. The number of benzene rings is 1. The van der Waals surface area contributed by atoms with Crippen molar-refractivity contribution >= 4 is 15.9 Å². The minimum atomic E-state index is 0.326. The summed E-state index contributed by atoms with van der Waals surface area (Å²) in [5.74, 6) is 1.53. The van der Waals surface area contributed by atoms with E-state index < -0.39 is 0 Å². The Hall–Kier alpha value is -0.700. The van der Waals surface area contributed by atoms with Crippen LogP contribution in [0.1, 0.15) is 17.3 Å². The first-order chi connectivity index (χ1) is 6.19. The number of hydrogen-bond acceptors (Lipinski definition) is 2. The van der Waals surface area contributed by atoms with Crippen LogP contribution < -0.4 is 9.47 Å². The highest BCUT2D eigenvalue weighted by atomic mass is 79.9. The molecule has 0 saturated carbocycles. The summed E-state index contributed by atoms with van der Waals surface area (Å²) in [6, 6.07) is 5.89. The predicted molar refractivity (Wildman–Crippen MR) is 56.9 cm³/mol. The maximum atomic E-state index is 5.18. The van der Waals surface area contributed by atoms with E-state index in [0.29, 0.717) is 4.83 Å². The van der Waals surface area contributed by atoms with Gasteiger partial charge in [0.05, 0.1) is 14.2 Å². The molecule has 0 saturated heterocycles. The molecule has 0 aliphatic heterocycles. The lowest BCUT2D eigenvalue weighted by atomic mass is 10.1. The van der Waals surface area contributed by atoms with Crippen LogP contribution in [-0.4, -0.2) is 14.2 Å². The SMILES string of the molecule is COc1ccc(C(C)Br)cc1OC. The molecule has 1 unspecified atom stereocenters. The highest BCUT2D eigenvalue weighted by Gasteiger charge is 2.06. The molecule has 0 aliphatic carbocycles. The number of ether oxygens (including phenoxy) is 2. The first kappa shape index (κ1) is 10.4. The van der Waals surface area contributed by atoms with E-state index in [4.69, 9.17) is 9.47 Å². The summed E-state index contributed by atoms with van der Waals surface area (Å²) in [7, 11) is 3.27. The van der Waals surface area contributed by atoms with Crippen LogP contribution in [0.25, 0.3) is 0 Å². The normalized spacial score (nSPS) is 12.3. The zero-order valence-electron chi connectivity index (χ0n) is 8.00. The van der Waals surface area contributed by atoms with E-state index in [9.17, 15) is 0 Å². The standard InChI is InChI=1S/C10H13BrO2/c1-7(11)8-4-5-9(12-2)10(6-8)13-3/h4-7H,1-3H3. The molecule has 0 aromatic heterocycles. The maximum absolute atomic E-state index is 5.18. The Morgan fingerprint density at radius 2 is 1.77 bits per heavy atom. The van der Waals surface area contributed by atoms with Crippen molar-refractivity contribution in [3.05, 3.63) is 23.8 Å². The second-order valence-electron chi connectivity index (χ2n) is 2.73. The van der Waals surface area contributed by atoms with Crippen molar-refractivity contribution < 1.29 is 9.47 Å². The molecule has 1 atom stereocenters. The summed E-state index contributed by atoms with van der Waals surface area (Å²) in [5.41, 5.74) is 1.18. The van der Waals surface area contributed by atoms with Crippen LogP contribution in [-0.2, 0) is 0 Å². The summed E-state index contributed by atoms with van der Waals surface area (Å²) < 4.78 is 10.3. The molecule has 72 valence electrons. The van der Waals surface area contributed by atoms with Crippen LogP contribution in [0, 0.1) is 0 Å². The Kier molecular flexibility index (Phi) is 3.60. The fourth-order valence-electron chi connectivity index (χ4n) is 1.10. The highest BCUT2D eigenvalue weighted by molar-refractivity contribution is 9.09. The minimum absolute atomic E-state index is 0.326. The van der Waals surface area contributed by atoms with E-state index >= 15 is 0 Å². The lowest BCUT2D eigenvalue weighted by Crippen LogP contribution is -1.92. The second kappa shape index (κ2) is 4.51. The molecule has 0 radical (unpaired) electrons. The van der Waals surface area contributed by atoms with E-state index in [2.05, 4.69) is 22.9 Å². The van der Waals surface area contributed by atoms with E-state index in [-0.39, 0.29) is 0 Å². The Morgan fingerprint density at radius 1 is 1.15 bits per heavy atom. The molecule has 0 N–H and O–H groups in total. The van der Waals surface area contributed by atoms with Gasteiger partial charge in [-0.3, -0.25) is 0 Å². The molecule has 0 bridgehead atoms. The molecule has 0 aliphatic rings. The summed E-state index contributed by atoms with van der Waals surface area (Å²) in [5, 5.41) is 0. The molecular weight excluding hydrogens is 232 g/mol. The zero-order valence-corrected chi connectivity index (χ0v) is 9.59. The number of hydrogen-bond donors (Lipinski definition) is 0. The van der Waals surface area contributed by atoms with Crippen molar-refractivity contribution in [1.29, 1.82) is 0 Å². The Labute approximate surface area is 87.0 Å². The first-order valence-corrected chi connectivity index (χ1v) is 4.96. The van der Waals surface area contributed by atoms with Gasteiger partial charge in [0.1, 0.15) is 0 Å². The Balaban J connectivity index is 3.05. The van der Waals surface area contributed by atoms with Gasteiger partial charge in [-0.2, -0.15) is 0 Å². The van der Waals surface area contributed by atoms with Crippen molar-refractivity contribution in [1.82, 2.24) is 0 Å². The third kappa shape index (κ3) is 2.37. The highest BCUT2D eigenvalue weighted by Crippen LogP contribution is 2.32. The van der Waals surface area contributed by atoms with Gasteiger partial charge in [0.15, 0.2) is 11.5 Å². The molecule has 13 heavy (non-hydrogen) atoms. The maximum Gasteiger partial charge on any atom is 0.161 e. The van der Waals surface area contributed by atoms with Gasteiger partial charge in [0, 0.05) is 4.83 Å². The molecule has 1 rings (SSSR count). The van der Waals surface area contributed by atoms with Gasteiger partial charge >= 0.3 is 0 Å². The first-order valence-electron chi connectivity index (χ1n) is 4.05. The number of halogens is 1. The molecule has 2 nitrogen and oxygen atoms in total. The van der Waals surface area contributed by atoms with Gasteiger partial charge < -0.3 is 9.47 Å². The van der Waals surface area contributed by atoms with Gasteiger partial charge in [-0.05, 0) is 24.6 Å². The largest absolute Gasteiger partial charge is 0.493 e. The Bertz CT molecular complexity index is 284. The summed E-state index contributed by atoms with van der Waals surface area (Å²) in [6.07, 6.45) is 0. The molecule has 1 aromatic carbocycles. The van der Waals surface area contributed by atoms with Gasteiger partial charge in [-0.25, -0.2) is 0 Å². The van der Waals surface area contributed by atoms with E-state index in [1.807, 2.05) is 18.2 Å². The van der Waals surface area contributed by atoms with E-state index in [1.165, 1.54) is 5.56 Å². The third-order valence-electron chi connectivity index (χ3n) is 1.87. The molecule has 0 fully saturated rings. The van der Waals surface area contributed by atoms with Crippen molar-refractivity contribution in [2.24, 2.45) is 0 Å². The number of methoxy groups -OCH3 is 2. The summed E-state index contributed by atoms with van der Waals surface area (Å²) >= 11 is 3.50. The van der Waals surface area contributed by atoms with Gasteiger partial charge in [-0.1, -0.05) is 22.0 Å². The fourth-order valence-corrected chi connectivity index (χ4v) is 1.39. The van der Waals surface area contributed by atoms with Gasteiger partial charge in [-0.15, -0.1) is 0 Å². The Morgan fingerprint density at radius 3 is 2.23 bits per heavy atom. The van der Waals surface area contributed by atoms with Crippen molar-refractivity contribution in [2.45, 2.75) is 11.8 Å². The topological polar surface area (TPSA) is 18.5 Å². The lowest BCUT2D eigenvalue weighted by Gasteiger charge is -2.10. The molecule has 0 heterocycles. The van der Waals surface area contributed by atoms with Crippen molar-refractivity contribution in [3.63, 3.8) is 0 Å². The van der Waals surface area contributed by atoms with Crippen LogP contribution in [0.4, 0.5) is 0 Å². The van der Waals surface area contributed by atoms with Crippen molar-refractivity contribution in [2.75, 3.05) is 14.2 Å². The smallest absolute Gasteiger partial charge is 0.161 e. The molecule has 1 aromatic rings. The third-order valence-corrected chi connectivity index (χ3v) is 2.40. The molecule has 3 heteroatoms. The number of rotatable bonds is 3. The number of alkyl halides is 1. The van der Waals surface area contributed by atoms with Gasteiger partial charge in [0.2, 0.25) is 0 Å².